The van der Waals surface area contributed by atoms with Crippen LogP contribution in [0.5, 0.6) is 0 Å². The quantitative estimate of drug-likeness (QED) is 0.0195. The Morgan fingerprint density at radius 1 is 0.344 bits per heavy atom. The van der Waals surface area contributed by atoms with E-state index in [4.69, 9.17) is 18.5 Å². The Morgan fingerprint density at radius 3 is 0.903 bits per heavy atom. The number of hydrogen-bond donors (Lipinski definition) is 0. The van der Waals surface area contributed by atoms with Crippen LogP contribution in [-0.4, -0.2) is 70.0 Å². The van der Waals surface area contributed by atoms with Gasteiger partial charge in [0.25, 0.3) is 7.82 Å². The molecule has 9 nitrogen and oxygen atoms in total. The molecule has 0 aliphatic heterocycles. The Labute approximate surface area is 576 Å². The number of quaternary nitrogens is 1. The molecule has 0 aliphatic rings. The molecule has 10 heteroatoms. The number of carbonyl (C=O) groups excluding carboxylic acids is 2. The number of phosphoric acid groups is 1. The van der Waals surface area contributed by atoms with Gasteiger partial charge >= 0.3 is 11.9 Å². The molecule has 93 heavy (non-hydrogen) atoms. The molecule has 0 aromatic heterocycles. The van der Waals surface area contributed by atoms with Crippen molar-refractivity contribution in [1.82, 2.24) is 0 Å². The summed E-state index contributed by atoms with van der Waals surface area (Å²) in [5.41, 5.74) is 0. The van der Waals surface area contributed by atoms with Gasteiger partial charge in [-0.1, -0.05) is 374 Å². The zero-order valence-corrected chi connectivity index (χ0v) is 62.3. The van der Waals surface area contributed by atoms with E-state index in [0.717, 1.165) is 77.0 Å². The van der Waals surface area contributed by atoms with Crippen LogP contribution in [0.2, 0.25) is 0 Å². The summed E-state index contributed by atoms with van der Waals surface area (Å²) in [5, 5.41) is 0. The molecule has 0 saturated heterocycles. The van der Waals surface area contributed by atoms with Crippen molar-refractivity contribution in [3.63, 3.8) is 0 Å². The van der Waals surface area contributed by atoms with Crippen molar-refractivity contribution < 1.29 is 42.1 Å². The lowest BCUT2D eigenvalue weighted by atomic mass is 10.0. The summed E-state index contributed by atoms with van der Waals surface area (Å²) in [6.45, 7) is 4.10. The largest absolute Gasteiger partial charge is 0.756 e. The van der Waals surface area contributed by atoms with Crippen molar-refractivity contribution >= 4 is 19.8 Å². The topological polar surface area (TPSA) is 111 Å². The Bertz CT molecular complexity index is 1940. The first-order valence-corrected chi connectivity index (χ1v) is 40.6. The SMILES string of the molecule is CC/C=C\C/C=C\C/C=C\C/C=C\C/C=C\C/C=C\C/C=C\C/C=C\C/C=C\CCCC(=O)OC(COC(=O)CCCCCCCCCCCCCCCCCCCCCCCCCCCCCCCCCCCCCCCCCC)COP(=O)([O-])OCC[N+](C)(C)C. The van der Waals surface area contributed by atoms with Gasteiger partial charge in [0.1, 0.15) is 19.8 Å². The molecule has 0 aromatic rings. The summed E-state index contributed by atoms with van der Waals surface area (Å²) < 4.78 is 34.3. The number of allylic oxidation sites excluding steroid dienone is 18. The molecule has 0 aromatic carbocycles. The van der Waals surface area contributed by atoms with Crippen LogP contribution in [0.25, 0.3) is 0 Å². The van der Waals surface area contributed by atoms with E-state index in [2.05, 4.69) is 117 Å². The smallest absolute Gasteiger partial charge is 0.306 e. The molecule has 0 fully saturated rings. The summed E-state index contributed by atoms with van der Waals surface area (Å²) >= 11 is 0. The maximum atomic E-state index is 12.8. The predicted molar refractivity (Wildman–Crippen MR) is 402 cm³/mol. The third-order valence-electron chi connectivity index (χ3n) is 17.1. The molecule has 0 radical (unpaired) electrons. The second-order valence-corrected chi connectivity index (χ2v) is 28.8. The van der Waals surface area contributed by atoms with Gasteiger partial charge in [0, 0.05) is 12.8 Å². The van der Waals surface area contributed by atoms with Crippen LogP contribution in [0, 0.1) is 0 Å². The number of unbranched alkanes of at least 4 members (excludes halogenated alkanes) is 40. The molecular formula is C83H148NO8P. The molecular weight excluding hydrogens is 1170 g/mol. The van der Waals surface area contributed by atoms with Crippen molar-refractivity contribution in [3.8, 4) is 0 Å². The van der Waals surface area contributed by atoms with E-state index in [-0.39, 0.29) is 26.1 Å². The average Bonchev–Trinajstić information content (AvgIpc) is 2.61. The second-order valence-electron chi connectivity index (χ2n) is 27.4. The molecule has 0 amide bonds. The van der Waals surface area contributed by atoms with Crippen LogP contribution in [0.1, 0.15) is 354 Å². The van der Waals surface area contributed by atoms with Gasteiger partial charge in [0.05, 0.1) is 27.7 Å². The predicted octanol–water partition coefficient (Wildman–Crippen LogP) is 25.4. The minimum atomic E-state index is -4.67. The standard InChI is InChI=1S/C83H148NO8P/c1-6-8-10-12-14-16-18-20-22-24-26-28-30-32-34-36-37-38-39-40-41-42-43-44-45-46-48-49-51-53-55-57-59-61-63-65-67-69-71-73-75-82(85)89-79-81(80-91-93(87,88)90-78-77-84(3,4)5)92-83(86)76-74-72-70-68-66-64-62-60-58-56-54-52-50-47-35-33-31-29-27-25-23-21-19-17-15-13-11-9-7-2/h9,11,15,17,21,23,27,29,33,35,50,52,56,58,62,64,68,70,81H,6-8,10,12-14,16,18-20,22,24-26,28,30-32,34,36-49,51,53-55,57,59-61,63,65-67,69,71-80H2,1-5H3/b11-9-,17-15-,23-21-,29-27-,35-33-,52-50-,58-56-,64-62-,70-68-. The fourth-order valence-corrected chi connectivity index (χ4v) is 11.9. The first-order valence-electron chi connectivity index (χ1n) is 39.1. The normalized spacial score (nSPS) is 13.7. The van der Waals surface area contributed by atoms with Gasteiger partial charge < -0.3 is 27.9 Å². The zero-order chi connectivity index (χ0) is 67.6. The Kier molecular flexibility index (Phi) is 70.3. The monoisotopic (exact) mass is 1320 g/mol. The number of esters is 2. The molecule has 538 valence electrons. The second kappa shape index (κ2) is 72.9. The molecule has 0 spiro atoms. The highest BCUT2D eigenvalue weighted by Crippen LogP contribution is 2.38. The fourth-order valence-electron chi connectivity index (χ4n) is 11.1. The highest BCUT2D eigenvalue weighted by Gasteiger charge is 2.22. The number of likely N-dealkylation sites (N-methyl/N-ethyl adjacent to an activating group) is 1. The highest BCUT2D eigenvalue weighted by atomic mass is 31.2. The van der Waals surface area contributed by atoms with Gasteiger partial charge in [-0.15, -0.1) is 0 Å². The molecule has 0 bridgehead atoms. The van der Waals surface area contributed by atoms with E-state index < -0.39 is 32.5 Å². The molecule has 0 rings (SSSR count). The van der Waals surface area contributed by atoms with Crippen LogP contribution in [0.3, 0.4) is 0 Å². The maximum Gasteiger partial charge on any atom is 0.306 e. The van der Waals surface area contributed by atoms with Gasteiger partial charge in [0.15, 0.2) is 6.10 Å². The van der Waals surface area contributed by atoms with E-state index in [9.17, 15) is 19.0 Å². The zero-order valence-electron chi connectivity index (χ0n) is 61.4. The molecule has 2 unspecified atom stereocenters. The lowest BCUT2D eigenvalue weighted by molar-refractivity contribution is -0.870. The first kappa shape index (κ1) is 89.7. The summed E-state index contributed by atoms with van der Waals surface area (Å²) in [5.74, 6) is -0.897. The Hall–Kier alpha value is -3.33. The number of ether oxygens (including phenoxy) is 2. The van der Waals surface area contributed by atoms with E-state index in [1.807, 2.05) is 27.2 Å². The number of hydrogen-bond acceptors (Lipinski definition) is 8. The third-order valence-corrected chi connectivity index (χ3v) is 18.0. The van der Waals surface area contributed by atoms with Gasteiger partial charge in [0.2, 0.25) is 0 Å². The lowest BCUT2D eigenvalue weighted by Gasteiger charge is -2.28. The van der Waals surface area contributed by atoms with Gasteiger partial charge in [-0.25, -0.2) is 0 Å². The van der Waals surface area contributed by atoms with E-state index >= 15 is 0 Å². The minimum absolute atomic E-state index is 0.0460. The van der Waals surface area contributed by atoms with Crippen molar-refractivity contribution in [2.45, 2.75) is 360 Å². The van der Waals surface area contributed by atoms with Crippen molar-refractivity contribution in [2.75, 3.05) is 47.5 Å². The molecule has 0 N–H and O–H groups in total. The van der Waals surface area contributed by atoms with Crippen molar-refractivity contribution in [1.29, 1.82) is 0 Å². The average molecular weight is 1320 g/mol. The van der Waals surface area contributed by atoms with Gasteiger partial charge in [-0.3, -0.25) is 14.2 Å². The van der Waals surface area contributed by atoms with E-state index in [1.165, 1.54) is 238 Å². The van der Waals surface area contributed by atoms with Gasteiger partial charge in [-0.05, 0) is 77.0 Å². The summed E-state index contributed by atoms with van der Waals surface area (Å²) in [7, 11) is 1.13. The first-order chi connectivity index (χ1) is 45.5. The van der Waals surface area contributed by atoms with Crippen LogP contribution >= 0.6 is 7.82 Å². The Balaban J connectivity index is 4.00. The highest BCUT2D eigenvalue weighted by molar-refractivity contribution is 7.45. The number of nitrogens with zero attached hydrogens (tertiary/aromatic N) is 1. The van der Waals surface area contributed by atoms with Gasteiger partial charge in [-0.2, -0.15) is 0 Å². The molecule has 0 aliphatic carbocycles. The molecule has 0 heterocycles. The third kappa shape index (κ3) is 77.6. The van der Waals surface area contributed by atoms with Crippen LogP contribution in [0.4, 0.5) is 0 Å². The van der Waals surface area contributed by atoms with E-state index in [1.54, 1.807) is 0 Å². The van der Waals surface area contributed by atoms with Crippen LogP contribution in [-0.2, 0) is 32.7 Å². The summed E-state index contributed by atoms with van der Waals surface area (Å²) in [4.78, 5) is 38.1. The Morgan fingerprint density at radius 2 is 0.613 bits per heavy atom. The number of carbonyl (C=O) groups is 2. The number of phosphoric ester groups is 1. The minimum Gasteiger partial charge on any atom is -0.756 e. The van der Waals surface area contributed by atoms with Crippen molar-refractivity contribution in [3.05, 3.63) is 109 Å². The number of rotatable bonds is 72. The summed E-state index contributed by atoms with van der Waals surface area (Å²) in [6, 6.07) is 0. The lowest BCUT2D eigenvalue weighted by Crippen LogP contribution is -2.37. The summed E-state index contributed by atoms with van der Waals surface area (Å²) in [6.07, 6.45) is 104. The molecule has 0 saturated carbocycles. The fraction of sp³-hybridized carbons (Fsp3) is 0.759. The van der Waals surface area contributed by atoms with Crippen LogP contribution in [0.15, 0.2) is 109 Å². The maximum absolute atomic E-state index is 12.8. The molecule has 2 atom stereocenters. The van der Waals surface area contributed by atoms with Crippen molar-refractivity contribution in [2.24, 2.45) is 0 Å². The van der Waals surface area contributed by atoms with Crippen LogP contribution < -0.4 is 4.89 Å². The van der Waals surface area contributed by atoms with E-state index in [0.29, 0.717) is 23.9 Å².